The average molecular weight is 331 g/mol. The fourth-order valence-corrected chi connectivity index (χ4v) is 2.53. The molecule has 1 atom stereocenters. The van der Waals surface area contributed by atoms with Crippen molar-refractivity contribution in [3.05, 3.63) is 34.3 Å². The molecule has 6 nitrogen and oxygen atoms in total. The fourth-order valence-electron chi connectivity index (χ4n) is 1.79. The Balaban J connectivity index is 2.02. The summed E-state index contributed by atoms with van der Waals surface area (Å²) in [5.41, 5.74) is -0.796. The fraction of sp³-hybridized carbons (Fsp3) is 0.385. The molecule has 9 heteroatoms. The Morgan fingerprint density at radius 3 is 2.95 bits per heavy atom. The summed E-state index contributed by atoms with van der Waals surface area (Å²) >= 11 is 0.982. The molecule has 120 valence electrons. The van der Waals surface area contributed by atoms with Crippen LogP contribution in [0.5, 0.6) is 5.75 Å². The third-order valence-electron chi connectivity index (χ3n) is 2.97. The lowest BCUT2D eigenvalue weighted by molar-refractivity contribution is -0.0498. The SMILES string of the molecule is Cn1cc([C@](C)(O)CNC(=O)c2sccc2OC(F)F)cn1. The van der Waals surface area contributed by atoms with Crippen molar-refractivity contribution in [1.82, 2.24) is 15.1 Å². The molecule has 0 bridgehead atoms. The summed E-state index contributed by atoms with van der Waals surface area (Å²) in [7, 11) is 1.71. The van der Waals surface area contributed by atoms with Crippen molar-refractivity contribution in [3.63, 3.8) is 0 Å². The van der Waals surface area contributed by atoms with E-state index in [2.05, 4.69) is 15.2 Å². The van der Waals surface area contributed by atoms with Crippen LogP contribution in [0.4, 0.5) is 8.78 Å². The van der Waals surface area contributed by atoms with Gasteiger partial charge in [-0.15, -0.1) is 11.3 Å². The summed E-state index contributed by atoms with van der Waals surface area (Å²) in [6.07, 6.45) is 3.12. The summed E-state index contributed by atoms with van der Waals surface area (Å²) in [4.78, 5) is 12.1. The summed E-state index contributed by atoms with van der Waals surface area (Å²) in [6.45, 7) is -1.57. The lowest BCUT2D eigenvalue weighted by Crippen LogP contribution is -2.38. The Morgan fingerprint density at radius 2 is 2.36 bits per heavy atom. The van der Waals surface area contributed by atoms with Crippen molar-refractivity contribution in [1.29, 1.82) is 0 Å². The largest absolute Gasteiger partial charge is 0.433 e. The molecule has 0 aliphatic rings. The smallest absolute Gasteiger partial charge is 0.387 e. The number of nitrogens with zero attached hydrogens (tertiary/aromatic N) is 2. The van der Waals surface area contributed by atoms with E-state index >= 15 is 0 Å². The van der Waals surface area contributed by atoms with Gasteiger partial charge in [-0.2, -0.15) is 13.9 Å². The second-order valence-electron chi connectivity index (χ2n) is 4.85. The molecule has 1 amide bonds. The first-order valence-electron chi connectivity index (χ1n) is 6.31. The van der Waals surface area contributed by atoms with Gasteiger partial charge in [0.2, 0.25) is 0 Å². The van der Waals surface area contributed by atoms with Crippen molar-refractivity contribution in [2.75, 3.05) is 6.54 Å². The number of carbonyl (C=O) groups excluding carboxylic acids is 1. The summed E-state index contributed by atoms with van der Waals surface area (Å²) < 4.78 is 30.3. The van der Waals surface area contributed by atoms with Crippen molar-refractivity contribution in [2.24, 2.45) is 7.05 Å². The zero-order chi connectivity index (χ0) is 16.3. The van der Waals surface area contributed by atoms with Crippen LogP contribution in [0.2, 0.25) is 0 Å². The van der Waals surface area contributed by atoms with E-state index in [1.54, 1.807) is 13.2 Å². The number of carbonyl (C=O) groups is 1. The standard InChI is InChI=1S/C13H15F2N3O3S/c1-13(20,8-5-17-18(2)6-8)7-16-11(19)10-9(3-4-22-10)21-12(14)15/h3-6,12,20H,7H2,1-2H3,(H,16,19)/t13-/m1/s1. The summed E-state index contributed by atoms with van der Waals surface area (Å²) in [5, 5.41) is 18.3. The van der Waals surface area contributed by atoms with E-state index in [1.807, 2.05) is 0 Å². The second-order valence-corrected chi connectivity index (χ2v) is 5.77. The maximum absolute atomic E-state index is 12.2. The van der Waals surface area contributed by atoms with Gasteiger partial charge in [0.1, 0.15) is 16.2 Å². The third-order valence-corrected chi connectivity index (χ3v) is 3.87. The molecular weight excluding hydrogens is 316 g/mol. The van der Waals surface area contributed by atoms with Crippen LogP contribution in [-0.4, -0.2) is 34.0 Å². The third kappa shape index (κ3) is 3.80. The first-order valence-corrected chi connectivity index (χ1v) is 7.19. The highest BCUT2D eigenvalue weighted by Crippen LogP contribution is 2.26. The maximum Gasteiger partial charge on any atom is 0.387 e. The molecule has 0 aliphatic carbocycles. The Kier molecular flexibility index (Phi) is 4.77. The van der Waals surface area contributed by atoms with E-state index in [0.717, 1.165) is 11.3 Å². The van der Waals surface area contributed by atoms with Crippen LogP contribution >= 0.6 is 11.3 Å². The van der Waals surface area contributed by atoms with Crippen LogP contribution in [-0.2, 0) is 12.6 Å². The van der Waals surface area contributed by atoms with Gasteiger partial charge in [-0.05, 0) is 18.4 Å². The van der Waals surface area contributed by atoms with Gasteiger partial charge in [0.15, 0.2) is 0 Å². The van der Waals surface area contributed by atoms with E-state index in [4.69, 9.17) is 0 Å². The number of nitrogens with one attached hydrogen (secondary N) is 1. The number of thiophene rings is 1. The number of amides is 1. The Morgan fingerprint density at radius 1 is 1.64 bits per heavy atom. The van der Waals surface area contributed by atoms with E-state index in [1.165, 1.54) is 29.2 Å². The van der Waals surface area contributed by atoms with E-state index < -0.39 is 18.1 Å². The molecule has 0 aromatic carbocycles. The molecule has 22 heavy (non-hydrogen) atoms. The number of halogens is 2. The van der Waals surface area contributed by atoms with Crippen LogP contribution in [0.3, 0.4) is 0 Å². The number of alkyl halides is 2. The number of ether oxygens (including phenoxy) is 1. The predicted molar refractivity (Wildman–Crippen MR) is 76.1 cm³/mol. The quantitative estimate of drug-likeness (QED) is 0.845. The number of hydrogen-bond acceptors (Lipinski definition) is 5. The van der Waals surface area contributed by atoms with Gasteiger partial charge in [-0.1, -0.05) is 0 Å². The first-order chi connectivity index (χ1) is 10.3. The summed E-state index contributed by atoms with van der Waals surface area (Å²) in [6, 6.07) is 1.30. The molecule has 0 fully saturated rings. The minimum Gasteiger partial charge on any atom is -0.433 e. The molecule has 0 radical (unpaired) electrons. The van der Waals surface area contributed by atoms with Gasteiger partial charge in [0.05, 0.1) is 12.7 Å². The Labute approximate surface area is 129 Å². The highest BCUT2D eigenvalue weighted by atomic mass is 32.1. The Hall–Kier alpha value is -2.00. The molecule has 2 aromatic rings. The van der Waals surface area contributed by atoms with Crippen molar-refractivity contribution in [3.8, 4) is 5.75 Å². The van der Waals surface area contributed by atoms with Gasteiger partial charge < -0.3 is 15.2 Å². The highest BCUT2D eigenvalue weighted by Gasteiger charge is 2.26. The van der Waals surface area contributed by atoms with Crippen LogP contribution < -0.4 is 10.1 Å². The maximum atomic E-state index is 12.2. The van der Waals surface area contributed by atoms with E-state index in [-0.39, 0.29) is 17.2 Å². The molecular formula is C13H15F2N3O3S. The normalized spacial score (nSPS) is 13.9. The van der Waals surface area contributed by atoms with Crippen molar-refractivity contribution < 1.29 is 23.4 Å². The topological polar surface area (TPSA) is 76.4 Å². The van der Waals surface area contributed by atoms with Gasteiger partial charge >= 0.3 is 6.61 Å². The second kappa shape index (κ2) is 6.41. The zero-order valence-corrected chi connectivity index (χ0v) is 12.7. The minimum absolute atomic E-state index is 0.0299. The molecule has 0 unspecified atom stereocenters. The van der Waals surface area contributed by atoms with Gasteiger partial charge in [-0.25, -0.2) is 0 Å². The van der Waals surface area contributed by atoms with Crippen LogP contribution in [0.25, 0.3) is 0 Å². The molecule has 2 N–H and O–H groups in total. The van der Waals surface area contributed by atoms with Gasteiger partial charge in [-0.3, -0.25) is 9.48 Å². The first kappa shape index (κ1) is 16.4. The number of aromatic nitrogens is 2. The molecule has 0 aliphatic heterocycles. The molecule has 0 saturated carbocycles. The van der Waals surface area contributed by atoms with Crippen LogP contribution in [0, 0.1) is 0 Å². The van der Waals surface area contributed by atoms with E-state index in [9.17, 15) is 18.7 Å². The Bertz CT molecular complexity index is 655. The molecule has 2 rings (SSSR count). The average Bonchev–Trinajstić information content (AvgIpc) is 3.05. The molecule has 0 saturated heterocycles. The predicted octanol–water partition coefficient (Wildman–Crippen LogP) is 1.72. The lowest BCUT2D eigenvalue weighted by atomic mass is 10.00. The summed E-state index contributed by atoms with van der Waals surface area (Å²) in [5.74, 6) is -0.770. The van der Waals surface area contributed by atoms with Crippen molar-refractivity contribution in [2.45, 2.75) is 19.1 Å². The molecule has 0 spiro atoms. The minimum atomic E-state index is -3.00. The lowest BCUT2D eigenvalue weighted by Gasteiger charge is -2.22. The van der Waals surface area contributed by atoms with Crippen LogP contribution in [0.1, 0.15) is 22.2 Å². The number of hydrogen-bond donors (Lipinski definition) is 2. The number of aliphatic hydroxyl groups is 1. The monoisotopic (exact) mass is 331 g/mol. The number of aryl methyl sites for hydroxylation is 1. The van der Waals surface area contributed by atoms with Gasteiger partial charge in [0, 0.05) is 18.8 Å². The molecule has 2 aromatic heterocycles. The molecule has 2 heterocycles. The van der Waals surface area contributed by atoms with E-state index in [0.29, 0.717) is 5.56 Å². The zero-order valence-electron chi connectivity index (χ0n) is 11.9. The van der Waals surface area contributed by atoms with Crippen molar-refractivity contribution >= 4 is 17.2 Å². The van der Waals surface area contributed by atoms with Crippen LogP contribution in [0.15, 0.2) is 23.8 Å². The number of rotatable bonds is 6. The highest BCUT2D eigenvalue weighted by molar-refractivity contribution is 7.12. The van der Waals surface area contributed by atoms with Gasteiger partial charge in [0.25, 0.3) is 5.91 Å².